The van der Waals surface area contributed by atoms with E-state index >= 15 is 0 Å². The lowest BCUT2D eigenvalue weighted by Crippen LogP contribution is -2.40. The largest absolute Gasteiger partial charge is 0.461 e. The van der Waals surface area contributed by atoms with Crippen LogP contribution in [0, 0.1) is 0 Å². The van der Waals surface area contributed by atoms with Crippen LogP contribution in [0.2, 0.25) is 0 Å². The Balaban J connectivity index is 2.09. The molecule has 0 aromatic carbocycles. The number of H-pyrrole nitrogens is 1. The summed E-state index contributed by atoms with van der Waals surface area (Å²) < 4.78 is 10.3. The molecule has 1 amide bonds. The number of hydrogen-bond acceptors (Lipinski definition) is 5. The van der Waals surface area contributed by atoms with Gasteiger partial charge in [-0.2, -0.15) is 5.10 Å². The Morgan fingerprint density at radius 2 is 2.10 bits per heavy atom. The van der Waals surface area contributed by atoms with Crippen LogP contribution in [-0.4, -0.2) is 45.9 Å². The van der Waals surface area contributed by atoms with E-state index in [4.69, 9.17) is 9.47 Å². The molecule has 2 heterocycles. The number of nitrogens with zero attached hydrogens (tertiary/aromatic N) is 2. The zero-order chi connectivity index (χ0) is 15.6. The van der Waals surface area contributed by atoms with Crippen LogP contribution in [0.5, 0.6) is 0 Å². The van der Waals surface area contributed by atoms with Gasteiger partial charge in [0.1, 0.15) is 11.3 Å². The smallest absolute Gasteiger partial charge is 0.410 e. The maximum atomic E-state index is 12.0. The van der Waals surface area contributed by atoms with Crippen LogP contribution in [0.25, 0.3) is 0 Å². The van der Waals surface area contributed by atoms with Crippen molar-refractivity contribution in [2.45, 2.75) is 46.3 Å². The molecule has 1 aromatic rings. The first-order valence-electron chi connectivity index (χ1n) is 7.03. The fourth-order valence-corrected chi connectivity index (χ4v) is 2.16. The van der Waals surface area contributed by atoms with Gasteiger partial charge in [-0.15, -0.1) is 0 Å². The highest BCUT2D eigenvalue weighted by molar-refractivity contribution is 5.89. The molecule has 2 rings (SSSR count). The Kier molecular flexibility index (Phi) is 4.20. The van der Waals surface area contributed by atoms with Crippen molar-refractivity contribution < 1.29 is 19.1 Å². The van der Waals surface area contributed by atoms with E-state index in [1.807, 2.05) is 20.8 Å². The first kappa shape index (κ1) is 15.3. The molecule has 0 atom stereocenters. The lowest BCUT2D eigenvalue weighted by molar-refractivity contribution is 0.0221. The Morgan fingerprint density at radius 1 is 1.38 bits per heavy atom. The van der Waals surface area contributed by atoms with Gasteiger partial charge >= 0.3 is 12.1 Å². The summed E-state index contributed by atoms with van der Waals surface area (Å²) in [5, 5.41) is 6.82. The van der Waals surface area contributed by atoms with E-state index in [1.54, 1.807) is 11.8 Å². The van der Waals surface area contributed by atoms with E-state index in [0.29, 0.717) is 37.5 Å². The minimum absolute atomic E-state index is 0.316. The molecule has 0 saturated carbocycles. The van der Waals surface area contributed by atoms with Crippen LogP contribution in [0.1, 0.15) is 49.4 Å². The normalized spacial score (nSPS) is 14.6. The lowest BCUT2D eigenvalue weighted by atomic mass is 10.0. The third-order valence-electron chi connectivity index (χ3n) is 3.06. The van der Waals surface area contributed by atoms with Gasteiger partial charge in [-0.25, -0.2) is 9.59 Å². The highest BCUT2D eigenvalue weighted by Crippen LogP contribution is 2.22. The number of carbonyl (C=O) groups excluding carboxylic acids is 2. The number of rotatable bonds is 2. The van der Waals surface area contributed by atoms with Gasteiger partial charge in [0.25, 0.3) is 0 Å². The average Bonchev–Trinajstić information content (AvgIpc) is 2.79. The zero-order valence-corrected chi connectivity index (χ0v) is 12.9. The zero-order valence-electron chi connectivity index (χ0n) is 12.9. The number of fused-ring (bicyclic) bond motifs is 1. The van der Waals surface area contributed by atoms with Crippen molar-refractivity contribution in [2.75, 3.05) is 13.2 Å². The second kappa shape index (κ2) is 5.75. The molecule has 0 bridgehead atoms. The monoisotopic (exact) mass is 295 g/mol. The van der Waals surface area contributed by atoms with E-state index in [2.05, 4.69) is 10.2 Å². The van der Waals surface area contributed by atoms with Crippen molar-refractivity contribution in [2.24, 2.45) is 0 Å². The molecular formula is C14H21N3O4. The van der Waals surface area contributed by atoms with Gasteiger partial charge in [0.2, 0.25) is 0 Å². The van der Waals surface area contributed by atoms with E-state index < -0.39 is 11.6 Å². The predicted octanol–water partition coefficient (Wildman–Crippen LogP) is 1.88. The number of carbonyl (C=O) groups is 2. The van der Waals surface area contributed by atoms with Crippen molar-refractivity contribution in [1.82, 2.24) is 15.1 Å². The molecule has 0 fully saturated rings. The molecule has 21 heavy (non-hydrogen) atoms. The number of ether oxygens (including phenoxy) is 2. The van der Waals surface area contributed by atoms with E-state index in [0.717, 1.165) is 5.56 Å². The summed E-state index contributed by atoms with van der Waals surface area (Å²) in [6, 6.07) is 0. The SMILES string of the molecule is CCOC(=O)c1[nH]nc2c1CCN(C(=O)OC(C)(C)C)C2. The molecular weight excluding hydrogens is 274 g/mol. The molecule has 1 N–H and O–H groups in total. The number of aromatic nitrogens is 2. The molecule has 1 aliphatic rings. The number of amides is 1. The Hall–Kier alpha value is -2.05. The lowest BCUT2D eigenvalue weighted by Gasteiger charge is -2.29. The van der Waals surface area contributed by atoms with Crippen LogP contribution in [0.4, 0.5) is 4.79 Å². The Morgan fingerprint density at radius 3 is 2.71 bits per heavy atom. The average molecular weight is 295 g/mol. The first-order chi connectivity index (χ1) is 9.81. The summed E-state index contributed by atoms with van der Waals surface area (Å²) >= 11 is 0. The number of aromatic amines is 1. The molecule has 0 unspecified atom stereocenters. The van der Waals surface area contributed by atoms with Gasteiger partial charge in [-0.3, -0.25) is 5.10 Å². The van der Waals surface area contributed by atoms with Gasteiger partial charge in [-0.05, 0) is 34.1 Å². The standard InChI is InChI=1S/C14H21N3O4/c1-5-20-12(18)11-9-6-7-17(8-10(9)15-16-11)13(19)21-14(2,3)4/h5-8H2,1-4H3,(H,15,16). The van der Waals surface area contributed by atoms with Crippen LogP contribution >= 0.6 is 0 Å². The third kappa shape index (κ3) is 3.53. The van der Waals surface area contributed by atoms with Crippen molar-refractivity contribution >= 4 is 12.1 Å². The van der Waals surface area contributed by atoms with Gasteiger partial charge in [-0.1, -0.05) is 0 Å². The summed E-state index contributed by atoms with van der Waals surface area (Å²) in [6.07, 6.45) is 0.188. The fourth-order valence-electron chi connectivity index (χ4n) is 2.16. The molecule has 7 nitrogen and oxygen atoms in total. The highest BCUT2D eigenvalue weighted by atomic mass is 16.6. The number of nitrogens with one attached hydrogen (secondary N) is 1. The van der Waals surface area contributed by atoms with Crippen LogP contribution < -0.4 is 0 Å². The molecule has 7 heteroatoms. The van der Waals surface area contributed by atoms with E-state index in [1.165, 1.54) is 0 Å². The minimum atomic E-state index is -0.529. The van der Waals surface area contributed by atoms with E-state index in [-0.39, 0.29) is 6.09 Å². The van der Waals surface area contributed by atoms with Gasteiger partial charge in [0.15, 0.2) is 0 Å². The second-order valence-corrected chi connectivity index (χ2v) is 5.90. The topological polar surface area (TPSA) is 84.5 Å². The summed E-state index contributed by atoms with van der Waals surface area (Å²) in [6.45, 7) is 8.38. The summed E-state index contributed by atoms with van der Waals surface area (Å²) in [4.78, 5) is 25.4. The first-order valence-corrected chi connectivity index (χ1v) is 7.03. The van der Waals surface area contributed by atoms with Crippen molar-refractivity contribution in [3.63, 3.8) is 0 Å². The van der Waals surface area contributed by atoms with Crippen molar-refractivity contribution in [1.29, 1.82) is 0 Å². The summed E-state index contributed by atoms with van der Waals surface area (Å²) in [5.74, 6) is -0.406. The fraction of sp³-hybridized carbons (Fsp3) is 0.643. The van der Waals surface area contributed by atoms with Gasteiger partial charge in [0, 0.05) is 12.1 Å². The predicted molar refractivity (Wildman–Crippen MR) is 74.9 cm³/mol. The molecule has 0 spiro atoms. The van der Waals surface area contributed by atoms with Crippen molar-refractivity contribution in [3.8, 4) is 0 Å². The molecule has 1 aromatic heterocycles. The Bertz CT molecular complexity index is 545. The highest BCUT2D eigenvalue weighted by Gasteiger charge is 2.30. The Labute approximate surface area is 123 Å². The van der Waals surface area contributed by atoms with Crippen LogP contribution in [0.3, 0.4) is 0 Å². The van der Waals surface area contributed by atoms with Crippen molar-refractivity contribution in [3.05, 3.63) is 17.0 Å². The van der Waals surface area contributed by atoms with E-state index in [9.17, 15) is 9.59 Å². The maximum absolute atomic E-state index is 12.0. The molecule has 0 saturated heterocycles. The second-order valence-electron chi connectivity index (χ2n) is 5.90. The number of hydrogen-bond donors (Lipinski definition) is 1. The molecule has 0 radical (unpaired) electrons. The minimum Gasteiger partial charge on any atom is -0.461 e. The summed E-state index contributed by atoms with van der Waals surface area (Å²) in [7, 11) is 0. The number of esters is 1. The molecule has 1 aliphatic heterocycles. The van der Waals surface area contributed by atoms with Crippen LogP contribution in [-0.2, 0) is 22.4 Å². The third-order valence-corrected chi connectivity index (χ3v) is 3.06. The quantitative estimate of drug-likeness (QED) is 0.842. The maximum Gasteiger partial charge on any atom is 0.410 e. The van der Waals surface area contributed by atoms with Crippen LogP contribution in [0.15, 0.2) is 0 Å². The van der Waals surface area contributed by atoms with Gasteiger partial charge in [0.05, 0.1) is 18.8 Å². The molecule has 116 valence electrons. The van der Waals surface area contributed by atoms with Gasteiger partial charge < -0.3 is 14.4 Å². The molecule has 0 aliphatic carbocycles. The summed E-state index contributed by atoms with van der Waals surface area (Å²) in [5.41, 5.74) is 1.37.